The van der Waals surface area contributed by atoms with Gasteiger partial charge < -0.3 is 15.0 Å². The van der Waals surface area contributed by atoms with Crippen molar-refractivity contribution in [3.63, 3.8) is 0 Å². The number of rotatable bonds is 8. The first-order valence-corrected chi connectivity index (χ1v) is 11.5. The third-order valence-electron chi connectivity index (χ3n) is 6.39. The average Bonchev–Trinajstić information content (AvgIpc) is 2.88. The summed E-state index contributed by atoms with van der Waals surface area (Å²) in [6.45, 7) is 2.61. The van der Waals surface area contributed by atoms with Gasteiger partial charge in [-0.3, -0.25) is 4.79 Å². The van der Waals surface area contributed by atoms with Gasteiger partial charge in [0.25, 0.3) is 5.91 Å². The smallest absolute Gasteiger partial charge is 0.251 e. The molecule has 32 heavy (non-hydrogen) atoms. The fourth-order valence-electron chi connectivity index (χ4n) is 4.50. The topological polar surface area (TPSA) is 41.6 Å². The molecule has 1 amide bonds. The summed E-state index contributed by atoms with van der Waals surface area (Å²) < 4.78 is 5.46. The van der Waals surface area contributed by atoms with Gasteiger partial charge in [0, 0.05) is 43.9 Å². The lowest BCUT2D eigenvalue weighted by Gasteiger charge is -2.33. The number of carbonyl (C=O) groups excluding carboxylic acids is 1. The van der Waals surface area contributed by atoms with Gasteiger partial charge in [-0.1, -0.05) is 60.7 Å². The lowest BCUT2D eigenvalue weighted by atomic mass is 9.88. The standard InChI is InChI=1S/C28H32N2O2/c1-32-26-17-20-30(21-18-26)25-14-12-24(13-15-25)28(31)29-19-16-27(22-8-4-2-5-9-22)23-10-6-3-7-11-23/h2-15,26-27H,16-21H2,1H3,(H,29,31). The Bertz CT molecular complexity index is 926. The van der Waals surface area contributed by atoms with Crippen molar-refractivity contribution in [2.24, 2.45) is 0 Å². The maximum atomic E-state index is 12.7. The van der Waals surface area contributed by atoms with Gasteiger partial charge in [0.1, 0.15) is 0 Å². The van der Waals surface area contributed by atoms with Gasteiger partial charge >= 0.3 is 0 Å². The van der Waals surface area contributed by atoms with Crippen LogP contribution in [-0.4, -0.2) is 38.8 Å². The van der Waals surface area contributed by atoms with Crippen LogP contribution < -0.4 is 10.2 Å². The normalized spacial score (nSPS) is 14.5. The highest BCUT2D eigenvalue weighted by atomic mass is 16.5. The van der Waals surface area contributed by atoms with Crippen LogP contribution in [0.15, 0.2) is 84.9 Å². The molecule has 1 saturated heterocycles. The fourth-order valence-corrected chi connectivity index (χ4v) is 4.50. The van der Waals surface area contributed by atoms with E-state index in [0.29, 0.717) is 18.2 Å². The Morgan fingerprint density at radius 2 is 1.47 bits per heavy atom. The molecule has 0 aromatic heterocycles. The SMILES string of the molecule is COC1CCN(c2ccc(C(=O)NCCC(c3ccccc3)c3ccccc3)cc2)CC1. The monoisotopic (exact) mass is 428 g/mol. The molecule has 4 nitrogen and oxygen atoms in total. The summed E-state index contributed by atoms with van der Waals surface area (Å²) in [5.74, 6) is 0.240. The molecule has 0 atom stereocenters. The van der Waals surface area contributed by atoms with Gasteiger partial charge in [-0.15, -0.1) is 0 Å². The van der Waals surface area contributed by atoms with Gasteiger partial charge in [-0.2, -0.15) is 0 Å². The summed E-state index contributed by atoms with van der Waals surface area (Å²) in [5.41, 5.74) is 4.42. The zero-order valence-corrected chi connectivity index (χ0v) is 18.7. The first-order valence-electron chi connectivity index (χ1n) is 11.5. The van der Waals surface area contributed by atoms with Crippen LogP contribution in [0.25, 0.3) is 0 Å². The fraction of sp³-hybridized carbons (Fsp3) is 0.321. The summed E-state index contributed by atoms with van der Waals surface area (Å²) in [6, 6.07) is 29.0. The van der Waals surface area contributed by atoms with E-state index in [9.17, 15) is 4.79 Å². The predicted octanol–water partition coefficient (Wildman–Crippen LogP) is 5.25. The van der Waals surface area contributed by atoms with E-state index < -0.39 is 0 Å². The number of nitrogens with zero attached hydrogens (tertiary/aromatic N) is 1. The molecule has 0 saturated carbocycles. The first kappa shape index (κ1) is 22.1. The molecular weight excluding hydrogens is 396 g/mol. The van der Waals surface area contributed by atoms with Gasteiger partial charge in [0.2, 0.25) is 0 Å². The third-order valence-corrected chi connectivity index (χ3v) is 6.39. The van der Waals surface area contributed by atoms with Crippen molar-refractivity contribution in [2.75, 3.05) is 31.6 Å². The van der Waals surface area contributed by atoms with E-state index in [2.05, 4.69) is 70.9 Å². The van der Waals surface area contributed by atoms with Crippen molar-refractivity contribution in [3.05, 3.63) is 102 Å². The van der Waals surface area contributed by atoms with Crippen LogP contribution in [0.4, 0.5) is 5.69 Å². The van der Waals surface area contributed by atoms with E-state index in [0.717, 1.165) is 32.4 Å². The van der Waals surface area contributed by atoms with Crippen LogP contribution in [0.3, 0.4) is 0 Å². The average molecular weight is 429 g/mol. The molecule has 0 unspecified atom stereocenters. The Morgan fingerprint density at radius 3 is 2.00 bits per heavy atom. The molecule has 1 aliphatic heterocycles. The minimum Gasteiger partial charge on any atom is -0.381 e. The molecule has 4 heteroatoms. The molecule has 0 radical (unpaired) electrons. The van der Waals surface area contributed by atoms with Crippen molar-refractivity contribution in [2.45, 2.75) is 31.3 Å². The largest absolute Gasteiger partial charge is 0.381 e. The zero-order chi connectivity index (χ0) is 22.2. The number of ether oxygens (including phenoxy) is 1. The summed E-state index contributed by atoms with van der Waals surface area (Å²) in [4.78, 5) is 15.1. The van der Waals surface area contributed by atoms with Crippen molar-refractivity contribution in [3.8, 4) is 0 Å². The Hall–Kier alpha value is -3.11. The zero-order valence-electron chi connectivity index (χ0n) is 18.7. The number of nitrogens with one attached hydrogen (secondary N) is 1. The van der Waals surface area contributed by atoms with Crippen molar-refractivity contribution in [1.29, 1.82) is 0 Å². The van der Waals surface area contributed by atoms with Crippen LogP contribution in [0.2, 0.25) is 0 Å². The molecule has 1 aliphatic rings. The second kappa shape index (κ2) is 11.0. The van der Waals surface area contributed by atoms with E-state index >= 15 is 0 Å². The van der Waals surface area contributed by atoms with E-state index in [1.807, 2.05) is 24.3 Å². The van der Waals surface area contributed by atoms with Crippen molar-refractivity contribution in [1.82, 2.24) is 5.32 Å². The number of hydrogen-bond acceptors (Lipinski definition) is 3. The molecule has 3 aromatic rings. The molecule has 1 heterocycles. The number of methoxy groups -OCH3 is 1. The molecule has 3 aromatic carbocycles. The maximum Gasteiger partial charge on any atom is 0.251 e. The highest BCUT2D eigenvalue weighted by molar-refractivity contribution is 5.94. The lowest BCUT2D eigenvalue weighted by molar-refractivity contribution is 0.0819. The van der Waals surface area contributed by atoms with E-state index in [1.165, 1.54) is 16.8 Å². The Balaban J connectivity index is 1.33. The first-order chi connectivity index (χ1) is 15.7. The minimum atomic E-state index is -0.0190. The number of piperidine rings is 1. The van der Waals surface area contributed by atoms with Gasteiger partial charge in [0.15, 0.2) is 0 Å². The van der Waals surface area contributed by atoms with Crippen LogP contribution in [0.5, 0.6) is 0 Å². The van der Waals surface area contributed by atoms with Gasteiger partial charge in [0.05, 0.1) is 6.10 Å². The van der Waals surface area contributed by atoms with Gasteiger partial charge in [-0.05, 0) is 54.7 Å². The molecular formula is C28H32N2O2. The Morgan fingerprint density at radius 1 is 0.906 bits per heavy atom. The Kier molecular flexibility index (Phi) is 7.57. The number of anilines is 1. The predicted molar refractivity (Wildman–Crippen MR) is 130 cm³/mol. The molecule has 166 valence electrons. The minimum absolute atomic E-state index is 0.0190. The maximum absolute atomic E-state index is 12.7. The van der Waals surface area contributed by atoms with Crippen LogP contribution in [0, 0.1) is 0 Å². The molecule has 0 aliphatic carbocycles. The lowest BCUT2D eigenvalue weighted by Crippen LogP contribution is -2.36. The summed E-state index contributed by atoms with van der Waals surface area (Å²) in [5, 5.41) is 3.11. The number of benzene rings is 3. The van der Waals surface area contributed by atoms with Crippen molar-refractivity contribution >= 4 is 11.6 Å². The molecule has 0 spiro atoms. The summed E-state index contributed by atoms with van der Waals surface area (Å²) in [7, 11) is 1.79. The van der Waals surface area contributed by atoms with Crippen LogP contribution >= 0.6 is 0 Å². The highest BCUT2D eigenvalue weighted by Gasteiger charge is 2.19. The van der Waals surface area contributed by atoms with E-state index in [-0.39, 0.29) is 11.8 Å². The summed E-state index contributed by atoms with van der Waals surface area (Å²) in [6.07, 6.45) is 3.31. The second-order valence-electron chi connectivity index (χ2n) is 8.39. The van der Waals surface area contributed by atoms with E-state index in [1.54, 1.807) is 7.11 Å². The van der Waals surface area contributed by atoms with E-state index in [4.69, 9.17) is 4.74 Å². The third kappa shape index (κ3) is 5.57. The second-order valence-corrected chi connectivity index (χ2v) is 8.39. The quantitative estimate of drug-likeness (QED) is 0.533. The van der Waals surface area contributed by atoms with Crippen LogP contribution in [-0.2, 0) is 4.74 Å². The van der Waals surface area contributed by atoms with Crippen molar-refractivity contribution < 1.29 is 9.53 Å². The van der Waals surface area contributed by atoms with Crippen LogP contribution in [0.1, 0.15) is 46.7 Å². The molecule has 1 fully saturated rings. The number of amides is 1. The van der Waals surface area contributed by atoms with Gasteiger partial charge in [-0.25, -0.2) is 0 Å². The molecule has 1 N–H and O–H groups in total. The number of carbonyl (C=O) groups is 1. The summed E-state index contributed by atoms with van der Waals surface area (Å²) >= 11 is 0. The molecule has 4 rings (SSSR count). The Labute approximate surface area is 191 Å². The molecule has 0 bridgehead atoms. The highest BCUT2D eigenvalue weighted by Crippen LogP contribution is 2.27. The number of hydrogen-bond donors (Lipinski definition) is 1.